The number of likely N-dealkylation sites (tertiary alicyclic amines) is 1. The van der Waals surface area contributed by atoms with Gasteiger partial charge in [0.15, 0.2) is 0 Å². The van der Waals surface area contributed by atoms with Crippen molar-refractivity contribution in [3.63, 3.8) is 0 Å². The van der Waals surface area contributed by atoms with E-state index < -0.39 is 24.7 Å². The summed E-state index contributed by atoms with van der Waals surface area (Å²) in [6.45, 7) is -1.03. The molecule has 1 saturated heterocycles. The first-order valence-electron chi connectivity index (χ1n) is 7.14. The van der Waals surface area contributed by atoms with Crippen LogP contribution in [0.5, 0.6) is 0 Å². The molecule has 0 aliphatic carbocycles. The molecule has 23 heavy (non-hydrogen) atoms. The van der Waals surface area contributed by atoms with Gasteiger partial charge in [-0.2, -0.15) is 13.2 Å². The summed E-state index contributed by atoms with van der Waals surface area (Å²) < 4.78 is 36.5. The molecule has 0 radical (unpaired) electrons. The topological polar surface area (TPSA) is 49.4 Å². The molecule has 2 rings (SSSR count). The van der Waals surface area contributed by atoms with Crippen LogP contribution in [0.1, 0.15) is 18.4 Å². The molecule has 0 spiro atoms. The van der Waals surface area contributed by atoms with Crippen molar-refractivity contribution in [1.29, 1.82) is 0 Å². The molecule has 1 atom stereocenters. The molecule has 2 amide bonds. The number of carbonyl (C=O) groups is 2. The van der Waals surface area contributed by atoms with Crippen LogP contribution in [0.2, 0.25) is 5.02 Å². The van der Waals surface area contributed by atoms with Gasteiger partial charge in [0.2, 0.25) is 11.8 Å². The fourth-order valence-corrected chi connectivity index (χ4v) is 2.78. The fraction of sp³-hybridized carbons (Fsp3) is 0.467. The Morgan fingerprint density at radius 2 is 2.09 bits per heavy atom. The summed E-state index contributed by atoms with van der Waals surface area (Å²) in [6.07, 6.45) is -3.45. The van der Waals surface area contributed by atoms with E-state index in [0.29, 0.717) is 30.0 Å². The third-order valence-electron chi connectivity index (χ3n) is 3.58. The molecule has 1 fully saturated rings. The molecule has 0 aromatic heterocycles. The molecule has 4 nitrogen and oxygen atoms in total. The Morgan fingerprint density at radius 3 is 2.74 bits per heavy atom. The van der Waals surface area contributed by atoms with Gasteiger partial charge < -0.3 is 10.2 Å². The molecule has 1 aliphatic heterocycles. The van der Waals surface area contributed by atoms with Crippen LogP contribution in [0.3, 0.4) is 0 Å². The van der Waals surface area contributed by atoms with Crippen molar-refractivity contribution < 1.29 is 22.8 Å². The Bertz CT molecular complexity index is 592. The minimum Gasteiger partial charge on any atom is -0.345 e. The van der Waals surface area contributed by atoms with Crippen molar-refractivity contribution in [2.75, 3.05) is 13.1 Å². The van der Waals surface area contributed by atoms with Crippen molar-refractivity contribution in [3.05, 3.63) is 34.9 Å². The summed E-state index contributed by atoms with van der Waals surface area (Å²) in [5.74, 6) is -1.06. The van der Waals surface area contributed by atoms with Crippen LogP contribution >= 0.6 is 11.6 Å². The normalized spacial score (nSPS) is 18.1. The van der Waals surface area contributed by atoms with Gasteiger partial charge >= 0.3 is 6.18 Å². The summed E-state index contributed by atoms with van der Waals surface area (Å²) >= 11 is 5.86. The lowest BCUT2D eigenvalue weighted by Crippen LogP contribution is -2.48. The number of nitrogens with one attached hydrogen (secondary N) is 1. The van der Waals surface area contributed by atoms with Crippen LogP contribution in [-0.4, -0.2) is 42.0 Å². The number of halogens is 4. The SMILES string of the molecule is O=C(NCC(F)(F)F)[C@@H]1CCCN1C(=O)Cc1cccc(Cl)c1. The van der Waals surface area contributed by atoms with Crippen molar-refractivity contribution in [1.82, 2.24) is 10.2 Å². The Morgan fingerprint density at radius 1 is 1.35 bits per heavy atom. The lowest BCUT2D eigenvalue weighted by atomic mass is 10.1. The molecule has 8 heteroatoms. The summed E-state index contributed by atoms with van der Waals surface area (Å²) in [5.41, 5.74) is 0.698. The van der Waals surface area contributed by atoms with Crippen LogP contribution in [0.4, 0.5) is 13.2 Å². The number of rotatable bonds is 4. The average Bonchev–Trinajstić information content (AvgIpc) is 2.93. The Kier molecular flexibility index (Phi) is 5.51. The average molecular weight is 349 g/mol. The van der Waals surface area contributed by atoms with Gasteiger partial charge in [0.1, 0.15) is 12.6 Å². The van der Waals surface area contributed by atoms with Crippen LogP contribution in [0.25, 0.3) is 0 Å². The lowest BCUT2D eigenvalue weighted by Gasteiger charge is -2.24. The molecule has 0 bridgehead atoms. The zero-order valence-corrected chi connectivity index (χ0v) is 13.0. The molecular weight excluding hydrogens is 333 g/mol. The number of nitrogens with zero attached hydrogens (tertiary/aromatic N) is 1. The smallest absolute Gasteiger partial charge is 0.345 e. The zero-order chi connectivity index (χ0) is 17.0. The highest BCUT2D eigenvalue weighted by molar-refractivity contribution is 6.30. The van der Waals surface area contributed by atoms with Gasteiger partial charge in [-0.3, -0.25) is 9.59 Å². The molecule has 1 aromatic carbocycles. The number of benzene rings is 1. The van der Waals surface area contributed by atoms with Gasteiger partial charge in [-0.05, 0) is 30.5 Å². The minimum atomic E-state index is -4.47. The van der Waals surface area contributed by atoms with Gasteiger partial charge in [-0.25, -0.2) is 0 Å². The van der Waals surface area contributed by atoms with Gasteiger partial charge in [0.05, 0.1) is 6.42 Å². The van der Waals surface area contributed by atoms with Gasteiger partial charge in [0.25, 0.3) is 0 Å². The van der Waals surface area contributed by atoms with E-state index >= 15 is 0 Å². The summed E-state index contributed by atoms with van der Waals surface area (Å²) in [5, 5.41) is 2.34. The van der Waals surface area contributed by atoms with E-state index in [2.05, 4.69) is 0 Å². The maximum atomic E-state index is 12.3. The first-order chi connectivity index (χ1) is 10.8. The highest BCUT2D eigenvalue weighted by Gasteiger charge is 2.36. The largest absolute Gasteiger partial charge is 0.405 e. The van der Waals surface area contributed by atoms with Crippen LogP contribution in [-0.2, 0) is 16.0 Å². The van der Waals surface area contributed by atoms with E-state index in [9.17, 15) is 22.8 Å². The Labute approximate surface area is 136 Å². The molecular formula is C15H16ClF3N2O2. The fourth-order valence-electron chi connectivity index (χ4n) is 2.57. The monoisotopic (exact) mass is 348 g/mol. The van der Waals surface area contributed by atoms with Crippen LogP contribution in [0.15, 0.2) is 24.3 Å². The third kappa shape index (κ3) is 5.13. The minimum absolute atomic E-state index is 0.0591. The predicted molar refractivity (Wildman–Crippen MR) is 79.0 cm³/mol. The quantitative estimate of drug-likeness (QED) is 0.909. The van der Waals surface area contributed by atoms with Crippen LogP contribution in [0, 0.1) is 0 Å². The Balaban J connectivity index is 1.97. The van der Waals surface area contributed by atoms with Gasteiger partial charge in [0, 0.05) is 11.6 Å². The summed E-state index contributed by atoms with van der Waals surface area (Å²) in [7, 11) is 0. The molecule has 1 N–H and O–H groups in total. The standard InChI is InChI=1S/C15H16ClF3N2O2/c16-11-4-1-3-10(7-11)8-13(22)21-6-2-5-12(21)14(23)20-9-15(17,18)19/h1,3-4,7,12H,2,5-6,8-9H2,(H,20,23)/t12-/m0/s1. The second kappa shape index (κ2) is 7.21. The highest BCUT2D eigenvalue weighted by Crippen LogP contribution is 2.20. The third-order valence-corrected chi connectivity index (χ3v) is 3.82. The summed E-state index contributed by atoms with van der Waals surface area (Å²) in [6, 6.07) is 5.93. The van der Waals surface area contributed by atoms with E-state index in [1.165, 1.54) is 4.90 Å². The summed E-state index contributed by atoms with van der Waals surface area (Å²) in [4.78, 5) is 25.5. The maximum absolute atomic E-state index is 12.3. The van der Waals surface area contributed by atoms with Crippen molar-refractivity contribution in [2.45, 2.75) is 31.5 Å². The van der Waals surface area contributed by atoms with E-state index in [1.54, 1.807) is 24.3 Å². The number of alkyl halides is 3. The molecule has 1 aliphatic rings. The number of hydrogen-bond donors (Lipinski definition) is 1. The van der Waals surface area contributed by atoms with Crippen molar-refractivity contribution in [2.24, 2.45) is 0 Å². The van der Waals surface area contributed by atoms with E-state index in [-0.39, 0.29) is 12.3 Å². The predicted octanol–water partition coefficient (Wildman–Crippen LogP) is 2.55. The molecule has 1 aromatic rings. The molecule has 0 saturated carbocycles. The first-order valence-corrected chi connectivity index (χ1v) is 7.52. The highest BCUT2D eigenvalue weighted by atomic mass is 35.5. The van der Waals surface area contributed by atoms with Gasteiger partial charge in [-0.1, -0.05) is 23.7 Å². The van der Waals surface area contributed by atoms with E-state index in [1.807, 2.05) is 5.32 Å². The zero-order valence-electron chi connectivity index (χ0n) is 12.2. The maximum Gasteiger partial charge on any atom is 0.405 e. The van der Waals surface area contributed by atoms with Gasteiger partial charge in [-0.15, -0.1) is 0 Å². The molecule has 126 valence electrons. The lowest BCUT2D eigenvalue weighted by molar-refractivity contribution is -0.144. The second-order valence-corrected chi connectivity index (χ2v) is 5.82. The number of amides is 2. The number of carbonyl (C=O) groups excluding carboxylic acids is 2. The second-order valence-electron chi connectivity index (χ2n) is 5.38. The molecule has 1 heterocycles. The van der Waals surface area contributed by atoms with E-state index in [4.69, 9.17) is 11.6 Å². The number of hydrogen-bond acceptors (Lipinski definition) is 2. The van der Waals surface area contributed by atoms with E-state index in [0.717, 1.165) is 0 Å². The van der Waals surface area contributed by atoms with Crippen molar-refractivity contribution in [3.8, 4) is 0 Å². The van der Waals surface area contributed by atoms with Crippen LogP contribution < -0.4 is 5.32 Å². The Hall–Kier alpha value is -1.76. The van der Waals surface area contributed by atoms with Crippen molar-refractivity contribution >= 4 is 23.4 Å². The first kappa shape index (κ1) is 17.6. The molecule has 0 unspecified atom stereocenters.